The molecule has 9 heteroatoms. The number of nitrogens with zero attached hydrogens (tertiary/aromatic N) is 1. The maximum absolute atomic E-state index is 12.9. The lowest BCUT2D eigenvalue weighted by Gasteiger charge is -2.25. The fourth-order valence-electron chi connectivity index (χ4n) is 10.0. The van der Waals surface area contributed by atoms with E-state index < -0.39 is 18.4 Å². The lowest BCUT2D eigenvalue weighted by Crippen LogP contribution is -2.40. The van der Waals surface area contributed by atoms with Crippen molar-refractivity contribution in [1.29, 1.82) is 0 Å². The quantitative estimate of drug-likeness (QED) is 0.0211. The summed E-state index contributed by atoms with van der Waals surface area (Å²) in [5.41, 5.74) is 0. The smallest absolute Gasteiger partial charge is 0.361 e. The van der Waals surface area contributed by atoms with Gasteiger partial charge in [0.2, 0.25) is 0 Å². The van der Waals surface area contributed by atoms with E-state index in [9.17, 15) is 19.5 Å². The summed E-state index contributed by atoms with van der Waals surface area (Å²) in [6.45, 7) is 4.93. The second-order valence-electron chi connectivity index (χ2n) is 24.1. The molecule has 0 aromatic carbocycles. The van der Waals surface area contributed by atoms with Gasteiger partial charge in [-0.3, -0.25) is 9.59 Å². The third kappa shape index (κ3) is 61.2. The van der Waals surface area contributed by atoms with Crippen LogP contribution in [0, 0.1) is 0 Å². The Morgan fingerprint density at radius 3 is 1.03 bits per heavy atom. The maximum Gasteiger partial charge on any atom is 0.361 e. The molecule has 0 amide bonds. The van der Waals surface area contributed by atoms with Gasteiger partial charge in [0.25, 0.3) is 6.29 Å². The minimum Gasteiger partial charge on any atom is -0.477 e. The Bertz CT molecular complexity index is 1310. The third-order valence-corrected chi connectivity index (χ3v) is 15.2. The van der Waals surface area contributed by atoms with E-state index in [1.807, 2.05) is 21.1 Å². The van der Waals surface area contributed by atoms with Gasteiger partial charge in [-0.15, -0.1) is 0 Å². The zero-order valence-corrected chi connectivity index (χ0v) is 51.9. The number of hydrogen-bond donors (Lipinski definition) is 1. The standard InChI is InChI=1S/C68H129NO8/c1-6-8-10-12-14-16-18-20-22-23-24-25-26-27-28-29-30-31-32-33-34-35-36-37-38-39-40-41-42-43-45-47-49-51-53-55-57-59-66(71)77-64(63-76-68(67(72)73)74-61-60-69(3,4)5)62-75-65(70)58-56-54-52-50-48-46-44-21-19-17-15-13-11-9-7-2/h18,20,23-24,64,68H,6-17,19,21-22,25-63H2,1-5H3/p+1/b20-18-,24-23-. The number of hydrogen-bond acceptors (Lipinski definition) is 7. The monoisotopic (exact) mass is 1090 g/mol. The van der Waals surface area contributed by atoms with Crippen LogP contribution in [-0.2, 0) is 33.3 Å². The molecule has 9 nitrogen and oxygen atoms in total. The molecule has 0 radical (unpaired) electrons. The van der Waals surface area contributed by atoms with Crippen molar-refractivity contribution in [1.82, 2.24) is 0 Å². The molecule has 454 valence electrons. The Morgan fingerprint density at radius 1 is 0.390 bits per heavy atom. The number of quaternary nitrogens is 1. The number of carboxylic acids is 1. The van der Waals surface area contributed by atoms with E-state index in [4.69, 9.17) is 18.9 Å². The minimum atomic E-state index is -1.50. The molecule has 0 aromatic rings. The van der Waals surface area contributed by atoms with Crippen LogP contribution in [0.3, 0.4) is 0 Å². The first-order chi connectivity index (χ1) is 37.6. The number of unbranched alkanes of at least 4 members (excludes halogenated alkanes) is 44. The molecule has 0 spiro atoms. The Hall–Kier alpha value is -2.23. The van der Waals surface area contributed by atoms with E-state index in [2.05, 4.69) is 38.2 Å². The first kappa shape index (κ1) is 74.8. The number of esters is 2. The number of carbonyl (C=O) groups is 3. The van der Waals surface area contributed by atoms with Crippen molar-refractivity contribution in [2.24, 2.45) is 0 Å². The molecule has 1 N–H and O–H groups in total. The number of ether oxygens (including phenoxy) is 4. The maximum atomic E-state index is 12.9. The second-order valence-corrected chi connectivity index (χ2v) is 24.1. The molecule has 0 aliphatic rings. The molecule has 0 aromatic heterocycles. The molecular formula is C68H130NO8+. The summed E-state index contributed by atoms with van der Waals surface area (Å²) in [6, 6.07) is 0. The van der Waals surface area contributed by atoms with Gasteiger partial charge < -0.3 is 28.5 Å². The van der Waals surface area contributed by atoms with E-state index in [1.54, 1.807) is 0 Å². The molecular weight excluding hydrogens is 959 g/mol. The van der Waals surface area contributed by atoms with E-state index in [0.29, 0.717) is 17.4 Å². The Morgan fingerprint density at radius 2 is 0.701 bits per heavy atom. The number of carboxylic acid groups (broad SMARTS) is 1. The van der Waals surface area contributed by atoms with Gasteiger partial charge in [0.05, 0.1) is 34.4 Å². The predicted octanol–water partition coefficient (Wildman–Crippen LogP) is 20.2. The fraction of sp³-hybridized carbons (Fsp3) is 0.897. The average molecular weight is 1090 g/mol. The van der Waals surface area contributed by atoms with Crippen LogP contribution in [0.1, 0.15) is 335 Å². The average Bonchev–Trinajstić information content (AvgIpc) is 3.40. The van der Waals surface area contributed by atoms with E-state index in [-0.39, 0.29) is 38.2 Å². The molecule has 0 bridgehead atoms. The van der Waals surface area contributed by atoms with E-state index in [0.717, 1.165) is 44.9 Å². The zero-order valence-electron chi connectivity index (χ0n) is 51.9. The summed E-state index contributed by atoms with van der Waals surface area (Å²) in [5.74, 6) is -1.98. The highest BCUT2D eigenvalue weighted by molar-refractivity contribution is 5.71. The topological polar surface area (TPSA) is 108 Å². The first-order valence-corrected chi connectivity index (χ1v) is 33.5. The number of carbonyl (C=O) groups excluding carboxylic acids is 2. The zero-order chi connectivity index (χ0) is 56.2. The fourth-order valence-corrected chi connectivity index (χ4v) is 10.0. The van der Waals surface area contributed by atoms with E-state index in [1.165, 1.54) is 263 Å². The van der Waals surface area contributed by atoms with Gasteiger partial charge in [-0.1, -0.05) is 301 Å². The van der Waals surface area contributed by atoms with Crippen molar-refractivity contribution < 1.29 is 42.9 Å². The van der Waals surface area contributed by atoms with Crippen molar-refractivity contribution in [3.05, 3.63) is 24.3 Å². The summed E-state index contributed by atoms with van der Waals surface area (Å²) in [4.78, 5) is 37.5. The van der Waals surface area contributed by atoms with Gasteiger partial charge in [-0.2, -0.15) is 0 Å². The number of likely N-dealkylation sites (N-methyl/N-ethyl adjacent to an activating group) is 1. The van der Waals surface area contributed by atoms with Crippen molar-refractivity contribution in [2.75, 3.05) is 47.5 Å². The molecule has 0 saturated heterocycles. The summed E-state index contributed by atoms with van der Waals surface area (Å²) < 4.78 is 22.9. The van der Waals surface area contributed by atoms with Crippen molar-refractivity contribution in [3.8, 4) is 0 Å². The molecule has 0 saturated carbocycles. The molecule has 0 fully saturated rings. The molecule has 0 aliphatic heterocycles. The third-order valence-electron chi connectivity index (χ3n) is 15.2. The Labute approximate surface area is 478 Å². The van der Waals surface area contributed by atoms with Gasteiger partial charge in [-0.05, 0) is 44.9 Å². The van der Waals surface area contributed by atoms with Crippen LogP contribution in [0.4, 0.5) is 0 Å². The molecule has 2 unspecified atom stereocenters. The number of aliphatic carboxylic acids is 1. The van der Waals surface area contributed by atoms with Crippen LogP contribution in [0.15, 0.2) is 24.3 Å². The Kier molecular flexibility index (Phi) is 58.1. The summed E-state index contributed by atoms with van der Waals surface area (Å²) in [6.07, 6.45) is 70.1. The van der Waals surface area contributed by atoms with Crippen LogP contribution < -0.4 is 0 Å². The SMILES string of the molecule is CCCCCCC/C=C\C/C=C\CCCCCCCCCCCCCCCCCCCCCCCCCCCC(=O)OC(COC(=O)CCCCCCCCCCCCCCCCC)COC(OCC[N+](C)(C)C)C(=O)O. The van der Waals surface area contributed by atoms with Crippen molar-refractivity contribution >= 4 is 17.9 Å². The number of rotatable bonds is 63. The van der Waals surface area contributed by atoms with Crippen molar-refractivity contribution in [2.45, 2.75) is 347 Å². The highest BCUT2D eigenvalue weighted by Crippen LogP contribution is 2.18. The van der Waals surface area contributed by atoms with E-state index >= 15 is 0 Å². The Balaban J connectivity index is 3.95. The lowest BCUT2D eigenvalue weighted by atomic mass is 10.0. The van der Waals surface area contributed by atoms with Crippen LogP contribution in [0.2, 0.25) is 0 Å². The second kappa shape index (κ2) is 59.9. The van der Waals surface area contributed by atoms with Crippen molar-refractivity contribution in [3.63, 3.8) is 0 Å². The van der Waals surface area contributed by atoms with Gasteiger partial charge in [0, 0.05) is 12.8 Å². The predicted molar refractivity (Wildman–Crippen MR) is 328 cm³/mol. The summed E-state index contributed by atoms with van der Waals surface area (Å²) in [7, 11) is 5.98. The summed E-state index contributed by atoms with van der Waals surface area (Å²) >= 11 is 0. The first-order valence-electron chi connectivity index (χ1n) is 33.5. The van der Waals surface area contributed by atoms with Crippen LogP contribution >= 0.6 is 0 Å². The highest BCUT2D eigenvalue weighted by Gasteiger charge is 2.25. The van der Waals surface area contributed by atoms with Crippen LogP contribution in [0.5, 0.6) is 0 Å². The molecule has 77 heavy (non-hydrogen) atoms. The largest absolute Gasteiger partial charge is 0.477 e. The van der Waals surface area contributed by atoms with Crippen LogP contribution in [-0.4, -0.2) is 87.4 Å². The molecule has 0 aliphatic carbocycles. The molecule has 0 heterocycles. The lowest BCUT2D eigenvalue weighted by molar-refractivity contribution is -0.870. The molecule has 2 atom stereocenters. The van der Waals surface area contributed by atoms with Gasteiger partial charge in [0.15, 0.2) is 6.10 Å². The van der Waals surface area contributed by atoms with Gasteiger partial charge >= 0.3 is 17.9 Å². The summed E-state index contributed by atoms with van der Waals surface area (Å²) in [5, 5.41) is 9.71. The normalized spacial score (nSPS) is 12.8. The number of allylic oxidation sites excluding steroid dienone is 4. The van der Waals surface area contributed by atoms with Gasteiger partial charge in [0.1, 0.15) is 13.2 Å². The van der Waals surface area contributed by atoms with Crippen LogP contribution in [0.25, 0.3) is 0 Å². The minimum absolute atomic E-state index is 0.174. The van der Waals surface area contributed by atoms with Gasteiger partial charge in [-0.25, -0.2) is 4.79 Å². The highest BCUT2D eigenvalue weighted by atomic mass is 16.7. The molecule has 0 rings (SSSR count).